The van der Waals surface area contributed by atoms with Gasteiger partial charge in [0.25, 0.3) is 0 Å². The molecule has 0 amide bonds. The molecule has 0 aliphatic carbocycles. The molecule has 1 aromatic rings. The maximum Gasteiger partial charge on any atom is 0.451 e. The van der Waals surface area contributed by atoms with Crippen LogP contribution in [0.3, 0.4) is 0 Å². The summed E-state index contributed by atoms with van der Waals surface area (Å²) in [5, 5.41) is 7.02. The van der Waals surface area contributed by atoms with Crippen molar-refractivity contribution < 1.29 is 13.2 Å². The minimum atomic E-state index is -4.44. The van der Waals surface area contributed by atoms with E-state index in [0.717, 1.165) is 17.9 Å². The molecule has 0 spiro atoms. The summed E-state index contributed by atoms with van der Waals surface area (Å²) in [7, 11) is 0. The largest absolute Gasteiger partial charge is 0.451 e. The van der Waals surface area contributed by atoms with Crippen molar-refractivity contribution in [2.45, 2.75) is 31.2 Å². The summed E-state index contributed by atoms with van der Waals surface area (Å²) >= 11 is 1.85. The van der Waals surface area contributed by atoms with Crippen molar-refractivity contribution >= 4 is 11.8 Å². The molecule has 2 aliphatic rings. The van der Waals surface area contributed by atoms with E-state index in [1.54, 1.807) is 0 Å². The number of halogens is 3. The Hall–Kier alpha value is -0.800. The van der Waals surface area contributed by atoms with Gasteiger partial charge in [-0.3, -0.25) is 4.90 Å². The lowest BCUT2D eigenvalue weighted by Gasteiger charge is -2.42. The zero-order valence-electron chi connectivity index (χ0n) is 10.9. The first-order chi connectivity index (χ1) is 9.46. The second kappa shape index (κ2) is 4.88. The van der Waals surface area contributed by atoms with E-state index in [-0.39, 0.29) is 12.1 Å². The van der Waals surface area contributed by atoms with Crippen LogP contribution < -0.4 is 5.73 Å². The number of aromatic nitrogens is 3. The molecule has 1 aromatic heterocycles. The van der Waals surface area contributed by atoms with Gasteiger partial charge < -0.3 is 10.3 Å². The first kappa shape index (κ1) is 14.2. The van der Waals surface area contributed by atoms with E-state index in [2.05, 4.69) is 15.1 Å². The smallest absolute Gasteiger partial charge is 0.329 e. The molecule has 1 saturated heterocycles. The van der Waals surface area contributed by atoms with Crippen molar-refractivity contribution in [3.05, 3.63) is 11.6 Å². The van der Waals surface area contributed by atoms with E-state index in [1.165, 1.54) is 4.57 Å². The summed E-state index contributed by atoms with van der Waals surface area (Å²) in [4.78, 5) is 2.18. The quantitative estimate of drug-likeness (QED) is 0.881. The van der Waals surface area contributed by atoms with Crippen LogP contribution in [0, 0.1) is 0 Å². The van der Waals surface area contributed by atoms with Crippen LogP contribution in [-0.4, -0.2) is 49.8 Å². The summed E-state index contributed by atoms with van der Waals surface area (Å²) in [6, 6.07) is 0. The first-order valence-electron chi connectivity index (χ1n) is 6.48. The van der Waals surface area contributed by atoms with Gasteiger partial charge in [-0.1, -0.05) is 0 Å². The van der Waals surface area contributed by atoms with Gasteiger partial charge in [-0.2, -0.15) is 24.9 Å². The van der Waals surface area contributed by atoms with Crippen LogP contribution >= 0.6 is 11.8 Å². The molecule has 2 N–H and O–H groups in total. The molecular weight excluding hydrogens is 291 g/mol. The minimum Gasteiger partial charge on any atom is -0.329 e. The van der Waals surface area contributed by atoms with Crippen molar-refractivity contribution in [3.8, 4) is 0 Å². The number of fused-ring (bicyclic) bond motifs is 1. The Morgan fingerprint density at radius 1 is 1.30 bits per heavy atom. The molecule has 2 aliphatic heterocycles. The minimum absolute atomic E-state index is 0.0970. The second-order valence-electron chi connectivity index (χ2n) is 5.24. The van der Waals surface area contributed by atoms with Crippen LogP contribution in [0.4, 0.5) is 13.2 Å². The van der Waals surface area contributed by atoms with Crippen LogP contribution in [0.15, 0.2) is 0 Å². The highest BCUT2D eigenvalue weighted by Crippen LogP contribution is 2.36. The molecule has 1 fully saturated rings. The fourth-order valence-corrected chi connectivity index (χ4v) is 4.40. The Bertz CT molecular complexity index is 495. The monoisotopic (exact) mass is 307 g/mol. The van der Waals surface area contributed by atoms with Crippen molar-refractivity contribution in [3.63, 3.8) is 0 Å². The number of hydrogen-bond donors (Lipinski definition) is 1. The van der Waals surface area contributed by atoms with Gasteiger partial charge in [0.1, 0.15) is 5.82 Å². The van der Waals surface area contributed by atoms with E-state index >= 15 is 0 Å². The van der Waals surface area contributed by atoms with Crippen LogP contribution in [0.5, 0.6) is 0 Å². The average molecular weight is 307 g/mol. The average Bonchev–Trinajstić information content (AvgIpc) is 3.04. The van der Waals surface area contributed by atoms with E-state index in [9.17, 15) is 13.2 Å². The molecule has 0 radical (unpaired) electrons. The molecule has 5 nitrogen and oxygen atoms in total. The van der Waals surface area contributed by atoms with Crippen LogP contribution in [0.1, 0.15) is 18.1 Å². The van der Waals surface area contributed by atoms with Gasteiger partial charge in [-0.05, 0) is 12.2 Å². The van der Waals surface area contributed by atoms with Crippen molar-refractivity contribution in [2.75, 3.05) is 24.6 Å². The standard InChI is InChI=1S/C11H16F3N5S/c12-11(13,14)9-17-16-8-5-18(2-3-19(8)9)10(6-15)1-4-20-7-10/h1-7,15H2. The lowest BCUT2D eigenvalue weighted by molar-refractivity contribution is -0.148. The first-order valence-corrected chi connectivity index (χ1v) is 7.64. The molecule has 0 aromatic carbocycles. The highest BCUT2D eigenvalue weighted by atomic mass is 32.2. The summed E-state index contributed by atoms with van der Waals surface area (Å²) in [5.41, 5.74) is 5.82. The van der Waals surface area contributed by atoms with E-state index < -0.39 is 12.0 Å². The van der Waals surface area contributed by atoms with Gasteiger partial charge in [0.15, 0.2) is 0 Å². The van der Waals surface area contributed by atoms with E-state index in [0.29, 0.717) is 25.5 Å². The Morgan fingerprint density at radius 3 is 2.70 bits per heavy atom. The lowest BCUT2D eigenvalue weighted by atomic mass is 9.95. The van der Waals surface area contributed by atoms with Gasteiger partial charge in [-0.15, -0.1) is 10.2 Å². The Labute approximate surface area is 118 Å². The molecule has 20 heavy (non-hydrogen) atoms. The van der Waals surface area contributed by atoms with Crippen LogP contribution in [-0.2, 0) is 19.3 Å². The Kier molecular flexibility index (Phi) is 3.46. The Morgan fingerprint density at radius 2 is 2.10 bits per heavy atom. The van der Waals surface area contributed by atoms with Crippen molar-refractivity contribution in [2.24, 2.45) is 5.73 Å². The van der Waals surface area contributed by atoms with Gasteiger partial charge in [0, 0.05) is 30.9 Å². The summed E-state index contributed by atoms with van der Waals surface area (Å²) < 4.78 is 39.5. The zero-order valence-corrected chi connectivity index (χ0v) is 11.7. The maximum atomic E-state index is 12.8. The summed E-state index contributed by atoms with van der Waals surface area (Å²) in [6.45, 7) is 1.75. The highest BCUT2D eigenvalue weighted by Gasteiger charge is 2.44. The normalized spacial score (nSPS) is 27.8. The molecule has 9 heteroatoms. The van der Waals surface area contributed by atoms with Gasteiger partial charge in [-0.25, -0.2) is 0 Å². The van der Waals surface area contributed by atoms with E-state index in [1.807, 2.05) is 11.8 Å². The molecule has 3 heterocycles. The van der Waals surface area contributed by atoms with Gasteiger partial charge in [0.05, 0.1) is 6.54 Å². The van der Waals surface area contributed by atoms with Crippen molar-refractivity contribution in [1.82, 2.24) is 19.7 Å². The third-order valence-corrected chi connectivity index (χ3v) is 5.37. The third kappa shape index (κ3) is 2.21. The molecule has 0 bridgehead atoms. The second-order valence-corrected chi connectivity index (χ2v) is 6.35. The lowest BCUT2D eigenvalue weighted by Crippen LogP contribution is -2.56. The molecule has 1 unspecified atom stereocenters. The number of nitrogens with zero attached hydrogens (tertiary/aromatic N) is 4. The topological polar surface area (TPSA) is 60.0 Å². The Balaban J connectivity index is 1.85. The molecule has 112 valence electrons. The maximum absolute atomic E-state index is 12.8. The predicted octanol–water partition coefficient (Wildman–Crippen LogP) is 0.947. The van der Waals surface area contributed by atoms with E-state index in [4.69, 9.17) is 5.73 Å². The fourth-order valence-electron chi connectivity index (χ4n) is 2.91. The highest BCUT2D eigenvalue weighted by molar-refractivity contribution is 7.99. The zero-order chi connectivity index (χ0) is 14.4. The predicted molar refractivity (Wildman–Crippen MR) is 69.2 cm³/mol. The van der Waals surface area contributed by atoms with Crippen LogP contribution in [0.25, 0.3) is 0 Å². The molecule has 1 atom stereocenters. The molecule has 3 rings (SSSR count). The van der Waals surface area contributed by atoms with Crippen LogP contribution in [0.2, 0.25) is 0 Å². The number of alkyl halides is 3. The summed E-state index contributed by atoms with van der Waals surface area (Å²) in [6.07, 6.45) is -3.46. The number of rotatable bonds is 2. The molecule has 0 saturated carbocycles. The van der Waals surface area contributed by atoms with Crippen molar-refractivity contribution in [1.29, 1.82) is 0 Å². The van der Waals surface area contributed by atoms with Gasteiger partial charge >= 0.3 is 6.18 Å². The fraction of sp³-hybridized carbons (Fsp3) is 0.818. The summed E-state index contributed by atoms with van der Waals surface area (Å²) in [5.74, 6) is 1.47. The molecular formula is C11H16F3N5S. The van der Waals surface area contributed by atoms with Gasteiger partial charge in [0.2, 0.25) is 5.82 Å². The number of hydrogen-bond acceptors (Lipinski definition) is 5. The number of thioether (sulfide) groups is 1. The number of nitrogens with two attached hydrogens (primary N) is 1. The SMILES string of the molecule is NCC1(N2CCn3c(nnc3C(F)(F)F)C2)CCSC1. The third-order valence-electron chi connectivity index (χ3n) is 4.14.